The van der Waals surface area contributed by atoms with Gasteiger partial charge in [0.05, 0.1) is 16.9 Å². The fraction of sp³-hybridized carbons (Fsp3) is 0.429. The van der Waals surface area contributed by atoms with E-state index in [1.54, 1.807) is 47.5 Å². The van der Waals surface area contributed by atoms with Crippen LogP contribution in [0.3, 0.4) is 0 Å². The molecule has 45 heavy (non-hydrogen) atoms. The number of rotatable bonds is 11. The van der Waals surface area contributed by atoms with Crippen LogP contribution < -0.4 is 15.1 Å². The van der Waals surface area contributed by atoms with Gasteiger partial charge in [0.1, 0.15) is 0 Å². The Morgan fingerprint density at radius 3 is 2.38 bits per heavy atom. The number of benzene rings is 2. The van der Waals surface area contributed by atoms with E-state index in [4.69, 9.17) is 0 Å². The highest BCUT2D eigenvalue weighted by molar-refractivity contribution is 6.17. The normalized spacial score (nSPS) is 15.0. The summed E-state index contributed by atoms with van der Waals surface area (Å²) in [7, 11) is 2.07. The number of likely N-dealkylation sites (N-methyl/N-ethyl adjacent to an activating group) is 2. The Bertz CT molecular complexity index is 1480. The van der Waals surface area contributed by atoms with Crippen LogP contribution in [-0.2, 0) is 16.1 Å². The summed E-state index contributed by atoms with van der Waals surface area (Å²) in [5, 5.41) is 2.84. The highest BCUT2D eigenvalue weighted by Crippen LogP contribution is 2.36. The average Bonchev–Trinajstić information content (AvgIpc) is 3.18. The number of hydrogen-bond donors (Lipinski definition) is 1. The summed E-state index contributed by atoms with van der Waals surface area (Å²) in [6.07, 6.45) is 1.66. The molecule has 0 unspecified atom stereocenters. The molecular formula is C35H45N7O3. The number of carbonyl (C=O) groups is 3. The Kier molecular flexibility index (Phi) is 10.5. The molecule has 10 heteroatoms. The first-order valence-corrected chi connectivity index (χ1v) is 16.0. The van der Waals surface area contributed by atoms with Crippen molar-refractivity contribution in [2.24, 2.45) is 0 Å². The van der Waals surface area contributed by atoms with E-state index in [1.165, 1.54) is 16.2 Å². The number of piperazine rings is 1. The first-order valence-electron chi connectivity index (χ1n) is 16.0. The van der Waals surface area contributed by atoms with Gasteiger partial charge in [-0.3, -0.25) is 24.2 Å². The molecule has 0 bridgehead atoms. The maximum atomic E-state index is 13.6. The van der Waals surface area contributed by atoms with Crippen LogP contribution in [0.15, 0.2) is 66.9 Å². The Hall–Kier alpha value is -4.28. The monoisotopic (exact) mass is 611 g/mol. The van der Waals surface area contributed by atoms with Crippen LogP contribution in [0.5, 0.6) is 0 Å². The molecule has 0 spiro atoms. The lowest BCUT2D eigenvalue weighted by atomic mass is 10.1. The van der Waals surface area contributed by atoms with Crippen molar-refractivity contribution in [1.29, 1.82) is 0 Å². The average molecular weight is 612 g/mol. The summed E-state index contributed by atoms with van der Waals surface area (Å²) in [4.78, 5) is 54.5. The molecule has 0 saturated carbocycles. The zero-order valence-electron chi connectivity index (χ0n) is 26.9. The molecule has 0 radical (unpaired) electrons. The molecule has 2 aliphatic rings. The number of carbonyl (C=O) groups excluding carboxylic acids is 3. The zero-order chi connectivity index (χ0) is 31.9. The fourth-order valence-corrected chi connectivity index (χ4v) is 6.02. The number of hydrogen-bond acceptors (Lipinski definition) is 7. The molecule has 2 aromatic carbocycles. The van der Waals surface area contributed by atoms with Crippen molar-refractivity contribution in [2.45, 2.75) is 46.2 Å². The number of pyridine rings is 1. The minimum absolute atomic E-state index is 0.00256. The number of aromatic nitrogens is 1. The Morgan fingerprint density at radius 2 is 1.67 bits per heavy atom. The quantitative estimate of drug-likeness (QED) is 0.339. The molecule has 1 fully saturated rings. The van der Waals surface area contributed by atoms with Crippen molar-refractivity contribution >= 4 is 40.6 Å². The van der Waals surface area contributed by atoms with Crippen LogP contribution >= 0.6 is 0 Å². The van der Waals surface area contributed by atoms with Gasteiger partial charge in [-0.2, -0.15) is 0 Å². The van der Waals surface area contributed by atoms with Crippen molar-refractivity contribution < 1.29 is 14.4 Å². The fourth-order valence-electron chi connectivity index (χ4n) is 6.02. The SMILES string of the molecule is CCN(CCN(C)Cc1ccc(N2CCN(C(C)C)CC2)cc1)C(=O)CCC(=O)N1c2ccccc2C(=O)Nc2cccnc21. The number of amides is 3. The third-order valence-electron chi connectivity index (χ3n) is 8.72. The summed E-state index contributed by atoms with van der Waals surface area (Å²) in [6, 6.07) is 19.8. The van der Waals surface area contributed by atoms with Gasteiger partial charge in [0, 0.05) is 83.1 Å². The molecule has 3 amide bonds. The summed E-state index contributed by atoms with van der Waals surface area (Å²) in [5.74, 6) is -0.307. The zero-order valence-corrected chi connectivity index (χ0v) is 26.9. The molecule has 238 valence electrons. The summed E-state index contributed by atoms with van der Waals surface area (Å²) >= 11 is 0. The minimum Gasteiger partial charge on any atom is -0.369 e. The lowest BCUT2D eigenvalue weighted by Crippen LogP contribution is -2.48. The summed E-state index contributed by atoms with van der Waals surface area (Å²) in [6.45, 7) is 13.4. The number of nitrogens with one attached hydrogen (secondary N) is 1. The third kappa shape index (κ3) is 7.69. The van der Waals surface area contributed by atoms with Crippen LogP contribution in [0.4, 0.5) is 22.9 Å². The van der Waals surface area contributed by atoms with E-state index in [0.29, 0.717) is 41.9 Å². The topological polar surface area (TPSA) is 92.3 Å². The lowest BCUT2D eigenvalue weighted by Gasteiger charge is -2.38. The highest BCUT2D eigenvalue weighted by Gasteiger charge is 2.30. The second kappa shape index (κ2) is 14.7. The largest absolute Gasteiger partial charge is 0.369 e. The van der Waals surface area contributed by atoms with E-state index in [0.717, 1.165) is 39.3 Å². The summed E-state index contributed by atoms with van der Waals surface area (Å²) in [5.41, 5.74) is 3.80. The Labute approximate surface area is 266 Å². The Balaban J connectivity index is 1.13. The molecule has 1 saturated heterocycles. The van der Waals surface area contributed by atoms with Gasteiger partial charge in [-0.05, 0) is 69.8 Å². The predicted molar refractivity (Wildman–Crippen MR) is 179 cm³/mol. The second-order valence-corrected chi connectivity index (χ2v) is 12.1. The van der Waals surface area contributed by atoms with E-state index in [2.05, 4.69) is 70.2 Å². The van der Waals surface area contributed by atoms with Gasteiger partial charge in [0.25, 0.3) is 5.91 Å². The van der Waals surface area contributed by atoms with Crippen LogP contribution in [0.1, 0.15) is 49.5 Å². The minimum atomic E-state index is -0.302. The van der Waals surface area contributed by atoms with E-state index < -0.39 is 0 Å². The van der Waals surface area contributed by atoms with Gasteiger partial charge in [0.2, 0.25) is 11.8 Å². The number of nitrogens with zero attached hydrogens (tertiary/aromatic N) is 6. The smallest absolute Gasteiger partial charge is 0.257 e. The van der Waals surface area contributed by atoms with Gasteiger partial charge in [-0.25, -0.2) is 4.98 Å². The van der Waals surface area contributed by atoms with E-state index in [9.17, 15) is 14.4 Å². The molecular weight excluding hydrogens is 566 g/mol. The van der Waals surface area contributed by atoms with Gasteiger partial charge in [-0.15, -0.1) is 0 Å². The third-order valence-corrected chi connectivity index (χ3v) is 8.72. The van der Waals surface area contributed by atoms with Gasteiger partial charge in [0.15, 0.2) is 5.82 Å². The maximum absolute atomic E-state index is 13.6. The van der Waals surface area contributed by atoms with Crippen LogP contribution in [-0.4, -0.2) is 96.3 Å². The van der Waals surface area contributed by atoms with E-state index >= 15 is 0 Å². The molecule has 0 aliphatic carbocycles. The molecule has 3 heterocycles. The van der Waals surface area contributed by atoms with Crippen LogP contribution in [0.2, 0.25) is 0 Å². The van der Waals surface area contributed by atoms with Crippen molar-refractivity contribution in [2.75, 3.05) is 68.0 Å². The van der Waals surface area contributed by atoms with Gasteiger partial charge < -0.3 is 20.0 Å². The maximum Gasteiger partial charge on any atom is 0.257 e. The number of fused-ring (bicyclic) bond motifs is 2. The first-order chi connectivity index (χ1) is 21.7. The molecule has 1 aromatic heterocycles. The standard InChI is InChI=1S/C35H45N7O3/c1-5-39(20-19-38(4)25-27-12-14-28(15-13-27)41-23-21-40(22-24-41)26(2)3)32(43)16-17-33(44)42-31-11-7-6-9-29(31)35(45)37-30-10-8-18-36-34(30)42/h6-15,18,26H,5,16-17,19-25H2,1-4H3,(H,37,45). The molecule has 3 aromatic rings. The number of para-hydroxylation sites is 1. The van der Waals surface area contributed by atoms with Crippen molar-refractivity contribution in [1.82, 2.24) is 19.7 Å². The second-order valence-electron chi connectivity index (χ2n) is 12.1. The molecule has 5 rings (SSSR count). The van der Waals surface area contributed by atoms with E-state index in [1.807, 2.05) is 6.92 Å². The lowest BCUT2D eigenvalue weighted by molar-refractivity contribution is -0.133. The van der Waals surface area contributed by atoms with E-state index in [-0.39, 0.29) is 30.6 Å². The highest BCUT2D eigenvalue weighted by atomic mass is 16.2. The Morgan fingerprint density at radius 1 is 0.933 bits per heavy atom. The molecule has 1 N–H and O–H groups in total. The molecule has 2 aliphatic heterocycles. The van der Waals surface area contributed by atoms with Crippen LogP contribution in [0.25, 0.3) is 0 Å². The number of anilines is 4. The van der Waals surface area contributed by atoms with Crippen molar-refractivity contribution in [3.05, 3.63) is 78.0 Å². The molecule has 10 nitrogen and oxygen atoms in total. The van der Waals surface area contributed by atoms with Gasteiger partial charge in [-0.1, -0.05) is 24.3 Å². The van der Waals surface area contributed by atoms with Crippen molar-refractivity contribution in [3.63, 3.8) is 0 Å². The summed E-state index contributed by atoms with van der Waals surface area (Å²) < 4.78 is 0. The molecule has 0 atom stereocenters. The first kappa shape index (κ1) is 32.1. The van der Waals surface area contributed by atoms with Crippen LogP contribution in [0, 0.1) is 0 Å². The van der Waals surface area contributed by atoms with Crippen molar-refractivity contribution in [3.8, 4) is 0 Å². The predicted octanol–water partition coefficient (Wildman–Crippen LogP) is 4.60. The van der Waals surface area contributed by atoms with Gasteiger partial charge >= 0.3 is 0 Å².